The first-order valence-electron chi connectivity index (χ1n) is 9.47. The number of halogens is 2. The molecule has 0 bridgehead atoms. The molecule has 0 spiro atoms. The Hall–Kier alpha value is -1.92. The summed E-state index contributed by atoms with van der Waals surface area (Å²) in [5.74, 6) is -0.203. The second-order valence-corrected chi connectivity index (χ2v) is 7.78. The fourth-order valence-corrected chi connectivity index (χ4v) is 3.47. The molecule has 2 N–H and O–H groups in total. The van der Waals surface area contributed by atoms with Gasteiger partial charge in [0.05, 0.1) is 16.0 Å². The highest BCUT2D eigenvalue weighted by Crippen LogP contribution is 2.35. The Labute approximate surface area is 175 Å². The first-order valence-corrected chi connectivity index (χ1v) is 10.2. The van der Waals surface area contributed by atoms with E-state index in [9.17, 15) is 9.59 Å². The number of carbonyl (C=O) groups excluding carboxylic acids is 2. The van der Waals surface area contributed by atoms with Crippen LogP contribution >= 0.6 is 23.2 Å². The number of amides is 2. The highest BCUT2D eigenvalue weighted by atomic mass is 35.5. The minimum absolute atomic E-state index is 0.0772. The van der Waals surface area contributed by atoms with E-state index in [1.54, 1.807) is 12.1 Å². The first kappa shape index (κ1) is 22.4. The summed E-state index contributed by atoms with van der Waals surface area (Å²) in [6.07, 6.45) is 1.66. The van der Waals surface area contributed by atoms with Gasteiger partial charge in [0.1, 0.15) is 5.84 Å². The normalized spacial score (nSPS) is 18.9. The van der Waals surface area contributed by atoms with Gasteiger partial charge >= 0.3 is 0 Å². The summed E-state index contributed by atoms with van der Waals surface area (Å²) >= 11 is 12.5. The quantitative estimate of drug-likeness (QED) is 0.544. The maximum atomic E-state index is 12.5. The van der Waals surface area contributed by atoms with E-state index in [4.69, 9.17) is 23.2 Å². The van der Waals surface area contributed by atoms with Crippen LogP contribution < -0.4 is 10.6 Å². The Bertz CT molecular complexity index is 801. The van der Waals surface area contributed by atoms with Crippen LogP contribution in [0.25, 0.3) is 0 Å². The van der Waals surface area contributed by atoms with Crippen molar-refractivity contribution in [2.45, 2.75) is 58.9 Å². The molecule has 1 aliphatic rings. The molecule has 0 aromatic heterocycles. The van der Waals surface area contributed by atoms with E-state index in [0.717, 1.165) is 12.8 Å². The van der Waals surface area contributed by atoms with Gasteiger partial charge in [0.2, 0.25) is 17.8 Å². The Morgan fingerprint density at radius 3 is 2.57 bits per heavy atom. The second kappa shape index (κ2) is 10.0. The third kappa shape index (κ3) is 5.55. The average Bonchev–Trinajstić information content (AvgIpc) is 2.97. The van der Waals surface area contributed by atoms with Crippen LogP contribution in [0, 0.1) is 5.92 Å². The predicted molar refractivity (Wildman–Crippen MR) is 114 cm³/mol. The number of amidine groups is 1. The van der Waals surface area contributed by atoms with Gasteiger partial charge in [0.25, 0.3) is 0 Å². The molecule has 1 saturated heterocycles. The molecule has 2 rings (SSSR count). The Morgan fingerprint density at radius 2 is 1.96 bits per heavy atom. The van der Waals surface area contributed by atoms with Gasteiger partial charge in [-0.05, 0) is 38.3 Å². The molecule has 1 heterocycles. The van der Waals surface area contributed by atoms with Crippen LogP contribution in [0.15, 0.2) is 28.2 Å². The summed E-state index contributed by atoms with van der Waals surface area (Å²) in [6.45, 7) is 7.71. The molecule has 1 aromatic carbocycles. The maximum Gasteiger partial charge on any atom is 0.229 e. The zero-order valence-electron chi connectivity index (χ0n) is 16.6. The number of nitrogens with zero attached hydrogens (tertiary/aromatic N) is 2. The summed E-state index contributed by atoms with van der Waals surface area (Å²) in [5, 5.41) is 6.37. The van der Waals surface area contributed by atoms with Gasteiger partial charge in [-0.15, -0.1) is 0 Å². The summed E-state index contributed by atoms with van der Waals surface area (Å²) in [4.78, 5) is 33.5. The number of hydrogen-bond donors (Lipinski definition) is 2. The van der Waals surface area contributed by atoms with Crippen molar-refractivity contribution in [2.24, 2.45) is 15.9 Å². The van der Waals surface area contributed by atoms with Crippen LogP contribution in [0.2, 0.25) is 10.0 Å². The SMILES string of the molecule is CCC(CC)C(=O)NC(=NC(C)C)/N=C1/NC(=O)CC1c1cccc(Cl)c1Cl. The molecule has 1 aliphatic heterocycles. The minimum Gasteiger partial charge on any atom is -0.314 e. The molecule has 28 heavy (non-hydrogen) atoms. The summed E-state index contributed by atoms with van der Waals surface area (Å²) in [7, 11) is 0. The zero-order valence-corrected chi connectivity index (χ0v) is 18.1. The molecular weight excluding hydrogens is 399 g/mol. The monoisotopic (exact) mass is 424 g/mol. The lowest BCUT2D eigenvalue weighted by molar-refractivity contribution is -0.123. The molecule has 152 valence electrons. The Kier molecular flexibility index (Phi) is 8.01. The van der Waals surface area contributed by atoms with Crippen LogP contribution in [-0.2, 0) is 9.59 Å². The number of nitrogens with one attached hydrogen (secondary N) is 2. The van der Waals surface area contributed by atoms with Gasteiger partial charge in [0.15, 0.2) is 0 Å². The molecule has 1 atom stereocenters. The lowest BCUT2D eigenvalue weighted by Crippen LogP contribution is -2.37. The van der Waals surface area contributed by atoms with Gasteiger partial charge < -0.3 is 5.32 Å². The third-order valence-electron chi connectivity index (χ3n) is 4.54. The fourth-order valence-electron chi connectivity index (χ4n) is 3.04. The van der Waals surface area contributed by atoms with E-state index in [-0.39, 0.29) is 42.1 Å². The molecule has 1 fully saturated rings. The van der Waals surface area contributed by atoms with Crippen LogP contribution in [0.5, 0.6) is 0 Å². The van der Waals surface area contributed by atoms with Gasteiger partial charge in [-0.3, -0.25) is 14.9 Å². The number of rotatable bonds is 5. The van der Waals surface area contributed by atoms with Crippen molar-refractivity contribution in [3.05, 3.63) is 33.8 Å². The van der Waals surface area contributed by atoms with Crippen molar-refractivity contribution in [2.75, 3.05) is 0 Å². The van der Waals surface area contributed by atoms with Crippen LogP contribution in [0.4, 0.5) is 0 Å². The third-order valence-corrected chi connectivity index (χ3v) is 5.38. The largest absolute Gasteiger partial charge is 0.314 e. The predicted octanol–water partition coefficient (Wildman–Crippen LogP) is 4.31. The lowest BCUT2D eigenvalue weighted by Gasteiger charge is -2.16. The standard InChI is InChI=1S/C20H26Cl2N4O2/c1-5-12(6-2)19(28)26-20(23-11(3)4)25-18-14(10-16(27)24-18)13-8-7-9-15(21)17(13)22/h7-9,11-12,14H,5-6,10H2,1-4H3,(H2,23,24,25,26,27,28). The van der Waals surface area contributed by atoms with Crippen LogP contribution in [0.3, 0.4) is 0 Å². The molecule has 0 saturated carbocycles. The molecule has 6 nitrogen and oxygen atoms in total. The van der Waals surface area contributed by atoms with Gasteiger partial charge in [-0.1, -0.05) is 49.2 Å². The first-order chi connectivity index (χ1) is 13.3. The van der Waals surface area contributed by atoms with Crippen molar-refractivity contribution >= 4 is 46.8 Å². The number of benzene rings is 1. The number of guanidine groups is 1. The van der Waals surface area contributed by atoms with E-state index in [1.165, 1.54) is 0 Å². The number of carbonyl (C=O) groups is 2. The topological polar surface area (TPSA) is 82.9 Å². The molecule has 8 heteroatoms. The van der Waals surface area contributed by atoms with Gasteiger partial charge in [0, 0.05) is 18.4 Å². The van der Waals surface area contributed by atoms with Crippen molar-refractivity contribution < 1.29 is 9.59 Å². The highest BCUT2D eigenvalue weighted by Gasteiger charge is 2.32. The average molecular weight is 425 g/mol. The summed E-state index contributed by atoms with van der Waals surface area (Å²) in [6, 6.07) is 5.21. The highest BCUT2D eigenvalue weighted by molar-refractivity contribution is 6.42. The molecule has 1 aromatic rings. The summed E-state index contributed by atoms with van der Waals surface area (Å²) in [5.41, 5.74) is 0.710. The Balaban J connectivity index is 2.39. The fraction of sp³-hybridized carbons (Fsp3) is 0.500. The van der Waals surface area contributed by atoms with Crippen molar-refractivity contribution in [1.82, 2.24) is 10.6 Å². The Morgan fingerprint density at radius 1 is 1.29 bits per heavy atom. The van der Waals surface area contributed by atoms with Crippen molar-refractivity contribution in [3.8, 4) is 0 Å². The van der Waals surface area contributed by atoms with Crippen LogP contribution in [0.1, 0.15) is 58.4 Å². The molecule has 2 amide bonds. The maximum absolute atomic E-state index is 12.5. The second-order valence-electron chi connectivity index (χ2n) is 6.99. The molecule has 0 radical (unpaired) electrons. The molecule has 1 unspecified atom stereocenters. The smallest absolute Gasteiger partial charge is 0.229 e. The number of aliphatic imine (C=N–C) groups is 2. The van der Waals surface area contributed by atoms with Crippen LogP contribution in [-0.4, -0.2) is 29.7 Å². The van der Waals surface area contributed by atoms with Gasteiger partial charge in [-0.2, -0.15) is 4.99 Å². The van der Waals surface area contributed by atoms with E-state index >= 15 is 0 Å². The van der Waals surface area contributed by atoms with E-state index in [0.29, 0.717) is 21.4 Å². The molecule has 0 aliphatic carbocycles. The van der Waals surface area contributed by atoms with Crippen molar-refractivity contribution in [3.63, 3.8) is 0 Å². The van der Waals surface area contributed by atoms with Crippen molar-refractivity contribution in [1.29, 1.82) is 0 Å². The van der Waals surface area contributed by atoms with E-state index < -0.39 is 0 Å². The molecular formula is C20H26Cl2N4O2. The lowest BCUT2D eigenvalue weighted by atomic mass is 9.97. The number of hydrogen-bond acceptors (Lipinski definition) is 3. The van der Waals surface area contributed by atoms with E-state index in [1.807, 2.05) is 33.8 Å². The van der Waals surface area contributed by atoms with E-state index in [2.05, 4.69) is 20.6 Å². The zero-order chi connectivity index (χ0) is 20.8. The minimum atomic E-state index is -0.374. The van der Waals surface area contributed by atoms with Gasteiger partial charge in [-0.25, -0.2) is 4.99 Å². The summed E-state index contributed by atoms with van der Waals surface area (Å²) < 4.78 is 0.